The molecule has 0 aromatic heterocycles. The molecule has 0 radical (unpaired) electrons. The Morgan fingerprint density at radius 2 is 1.89 bits per heavy atom. The predicted octanol–water partition coefficient (Wildman–Crippen LogP) is 3.22. The highest BCUT2D eigenvalue weighted by atomic mass is 19.1. The summed E-state index contributed by atoms with van der Waals surface area (Å²) in [5.41, 5.74) is 2.74. The first-order valence-electron chi connectivity index (χ1n) is 11.7. The largest absolute Gasteiger partial charge is 0.509 e. The van der Waals surface area contributed by atoms with E-state index in [4.69, 9.17) is 6.57 Å². The van der Waals surface area contributed by atoms with Gasteiger partial charge in [-0.15, -0.1) is 0 Å². The third-order valence-corrected chi connectivity index (χ3v) is 7.26. The number of likely N-dealkylation sites (tertiary alicyclic amines) is 1. The van der Waals surface area contributed by atoms with Gasteiger partial charge < -0.3 is 10.0 Å². The van der Waals surface area contributed by atoms with E-state index in [1.54, 1.807) is 18.2 Å². The number of imide groups is 1. The maximum absolute atomic E-state index is 15.1. The molecule has 3 aliphatic heterocycles. The Hall–Kier alpha value is -3.77. The van der Waals surface area contributed by atoms with Crippen molar-refractivity contribution in [3.8, 4) is 5.75 Å². The summed E-state index contributed by atoms with van der Waals surface area (Å²) >= 11 is 0. The van der Waals surface area contributed by atoms with Gasteiger partial charge in [-0.05, 0) is 61.5 Å². The first-order chi connectivity index (χ1) is 16.8. The van der Waals surface area contributed by atoms with Crippen LogP contribution in [0.2, 0.25) is 0 Å². The molecular weight excluding hydrogens is 451 g/mol. The summed E-state index contributed by atoms with van der Waals surface area (Å²) in [6, 6.07) is 7.26. The zero-order valence-electron chi connectivity index (χ0n) is 19.1. The van der Waals surface area contributed by atoms with E-state index in [1.165, 1.54) is 17.0 Å². The number of rotatable bonds is 4. The number of hydrogen-bond acceptors (Lipinski definition) is 5. The van der Waals surface area contributed by atoms with E-state index in [0.29, 0.717) is 23.4 Å². The fourth-order valence-corrected chi connectivity index (χ4v) is 5.32. The summed E-state index contributed by atoms with van der Waals surface area (Å²) in [7, 11) is 0. The van der Waals surface area contributed by atoms with E-state index >= 15 is 4.39 Å². The van der Waals surface area contributed by atoms with E-state index in [9.17, 15) is 19.5 Å². The van der Waals surface area contributed by atoms with Gasteiger partial charge in [0.15, 0.2) is 5.69 Å². The third-order valence-electron chi connectivity index (χ3n) is 7.26. The Kier molecular flexibility index (Phi) is 5.99. The van der Waals surface area contributed by atoms with Crippen molar-refractivity contribution in [1.29, 1.82) is 0 Å². The van der Waals surface area contributed by atoms with E-state index in [0.717, 1.165) is 31.5 Å². The molecule has 3 heterocycles. The van der Waals surface area contributed by atoms with Gasteiger partial charge in [0.05, 0.1) is 6.57 Å². The summed E-state index contributed by atoms with van der Waals surface area (Å²) in [4.78, 5) is 43.6. The molecule has 3 amide bonds. The lowest BCUT2D eigenvalue weighted by atomic mass is 9.87. The average molecular weight is 477 g/mol. The minimum atomic E-state index is -0.720. The molecule has 2 fully saturated rings. The molecule has 0 bridgehead atoms. The maximum Gasteiger partial charge on any atom is 0.255 e. The van der Waals surface area contributed by atoms with Gasteiger partial charge in [-0.1, -0.05) is 18.2 Å². The number of hydrogen-bond donors (Lipinski definition) is 2. The lowest BCUT2D eigenvalue weighted by Gasteiger charge is -2.32. The van der Waals surface area contributed by atoms with Crippen LogP contribution in [-0.2, 0) is 22.7 Å². The van der Waals surface area contributed by atoms with Crippen molar-refractivity contribution in [3.05, 3.63) is 69.8 Å². The highest BCUT2D eigenvalue weighted by molar-refractivity contribution is 6.05. The summed E-state index contributed by atoms with van der Waals surface area (Å²) in [6.07, 6.45) is 1.92. The number of piperidine rings is 2. The van der Waals surface area contributed by atoms with Gasteiger partial charge in [-0.3, -0.25) is 24.6 Å². The molecule has 8 nitrogen and oxygen atoms in total. The monoisotopic (exact) mass is 476 g/mol. The highest BCUT2D eigenvalue weighted by Gasteiger charge is 2.40. The second-order valence-corrected chi connectivity index (χ2v) is 9.41. The van der Waals surface area contributed by atoms with Crippen molar-refractivity contribution in [2.24, 2.45) is 0 Å². The fraction of sp³-hybridized carbons (Fsp3) is 0.385. The van der Waals surface area contributed by atoms with Crippen molar-refractivity contribution in [3.63, 3.8) is 0 Å². The Bertz CT molecular complexity index is 1260. The molecule has 2 aromatic rings. The van der Waals surface area contributed by atoms with Gasteiger partial charge in [0, 0.05) is 30.6 Å². The van der Waals surface area contributed by atoms with Gasteiger partial charge in [-0.25, -0.2) is 9.24 Å². The second kappa shape index (κ2) is 9.12. The number of amides is 3. The highest BCUT2D eigenvalue weighted by Crippen LogP contribution is 2.36. The molecular formula is C26H25FN4O4. The normalized spacial score (nSPS) is 21.1. The topological polar surface area (TPSA) is 94.3 Å². The Labute approximate surface area is 202 Å². The number of carbonyl (C=O) groups excluding carboxylic acids is 3. The van der Waals surface area contributed by atoms with Crippen molar-refractivity contribution in [2.75, 3.05) is 13.1 Å². The molecule has 35 heavy (non-hydrogen) atoms. The molecule has 0 spiro atoms. The van der Waals surface area contributed by atoms with Crippen LogP contribution in [0.25, 0.3) is 4.85 Å². The molecule has 2 N–H and O–H groups in total. The molecule has 180 valence electrons. The molecule has 0 aliphatic carbocycles. The van der Waals surface area contributed by atoms with Crippen LogP contribution in [0.15, 0.2) is 30.3 Å². The maximum atomic E-state index is 15.1. The predicted molar refractivity (Wildman–Crippen MR) is 124 cm³/mol. The summed E-state index contributed by atoms with van der Waals surface area (Å²) in [6.45, 7) is 9.28. The SMILES string of the molecule is [C-]#[N+]c1ccc(CN2CCC(c3cc4c(cc3F)C(=O)N(C3CCC(=O)NC3=O)C4)CC2)c(O)c1. The van der Waals surface area contributed by atoms with Crippen LogP contribution in [0, 0.1) is 12.4 Å². The molecule has 5 rings (SSSR count). The standard InChI is InChI=1S/C26H25FN4O4/c1-28-18-3-2-16(23(32)11-18)13-30-8-6-15(7-9-30)19-10-17-14-31(26(35)20(17)12-21(19)27)22-4-5-24(33)29-25(22)34/h2-3,10-12,15,22,32H,4-9,13-14H2,(H,29,33,34). The van der Waals surface area contributed by atoms with Gasteiger partial charge in [-0.2, -0.15) is 0 Å². The van der Waals surface area contributed by atoms with Crippen LogP contribution in [0.3, 0.4) is 0 Å². The Morgan fingerprint density at radius 3 is 2.57 bits per heavy atom. The summed E-state index contributed by atoms with van der Waals surface area (Å²) in [5, 5.41) is 12.5. The van der Waals surface area contributed by atoms with Crippen molar-refractivity contribution in [1.82, 2.24) is 15.1 Å². The number of aromatic hydroxyl groups is 1. The molecule has 9 heteroatoms. The number of phenolic OH excluding ortho intramolecular Hbond substituents is 1. The molecule has 2 saturated heterocycles. The number of halogens is 1. The van der Waals surface area contributed by atoms with Crippen molar-refractivity contribution < 1.29 is 23.9 Å². The van der Waals surface area contributed by atoms with Gasteiger partial charge in [0.1, 0.15) is 17.6 Å². The Balaban J connectivity index is 1.26. The zero-order valence-corrected chi connectivity index (χ0v) is 19.1. The van der Waals surface area contributed by atoms with Crippen LogP contribution in [0.4, 0.5) is 10.1 Å². The van der Waals surface area contributed by atoms with Crippen LogP contribution in [0.5, 0.6) is 5.75 Å². The van der Waals surface area contributed by atoms with Crippen LogP contribution < -0.4 is 5.32 Å². The van der Waals surface area contributed by atoms with Crippen LogP contribution in [-0.4, -0.2) is 51.8 Å². The van der Waals surface area contributed by atoms with Gasteiger partial charge in [0.25, 0.3) is 5.91 Å². The average Bonchev–Trinajstić information content (AvgIpc) is 3.15. The molecule has 2 aromatic carbocycles. The lowest BCUT2D eigenvalue weighted by Crippen LogP contribution is -2.52. The van der Waals surface area contributed by atoms with E-state index < -0.39 is 17.8 Å². The van der Waals surface area contributed by atoms with Gasteiger partial charge >= 0.3 is 0 Å². The molecule has 0 saturated carbocycles. The minimum absolute atomic E-state index is 0.00869. The number of carbonyl (C=O) groups is 3. The van der Waals surface area contributed by atoms with E-state index in [-0.39, 0.29) is 48.4 Å². The Morgan fingerprint density at radius 1 is 1.11 bits per heavy atom. The van der Waals surface area contributed by atoms with Gasteiger partial charge in [0.2, 0.25) is 11.8 Å². The number of nitrogens with zero attached hydrogens (tertiary/aromatic N) is 3. The first kappa shape index (κ1) is 23.0. The number of phenols is 1. The number of fused-ring (bicyclic) bond motifs is 1. The quantitative estimate of drug-likeness (QED) is 0.522. The summed E-state index contributed by atoms with van der Waals surface area (Å²) in [5.74, 6) is -1.49. The number of nitrogens with one attached hydrogen (secondary N) is 1. The number of benzene rings is 2. The minimum Gasteiger partial charge on any atom is -0.509 e. The van der Waals surface area contributed by atoms with Crippen molar-refractivity contribution >= 4 is 23.4 Å². The fourth-order valence-electron chi connectivity index (χ4n) is 5.32. The van der Waals surface area contributed by atoms with E-state index in [1.807, 2.05) is 0 Å². The zero-order chi connectivity index (χ0) is 24.7. The van der Waals surface area contributed by atoms with E-state index in [2.05, 4.69) is 15.1 Å². The van der Waals surface area contributed by atoms with Crippen LogP contribution >= 0.6 is 0 Å². The smallest absolute Gasteiger partial charge is 0.255 e. The molecule has 1 atom stereocenters. The van der Waals surface area contributed by atoms with Crippen molar-refractivity contribution in [2.45, 2.75) is 50.7 Å². The lowest BCUT2D eigenvalue weighted by molar-refractivity contribution is -0.136. The molecule has 3 aliphatic rings. The molecule has 1 unspecified atom stereocenters. The summed E-state index contributed by atoms with van der Waals surface area (Å²) < 4.78 is 15.1. The van der Waals surface area contributed by atoms with Crippen LogP contribution in [0.1, 0.15) is 58.6 Å². The second-order valence-electron chi connectivity index (χ2n) is 9.41. The third kappa shape index (κ3) is 4.37. The first-order valence-corrected chi connectivity index (χ1v) is 11.7.